The minimum absolute atomic E-state index is 0.585. The standard InChI is InChI=1S/C11H17NO2S/c1-13-8-9-3-4-11(15)10(7-9)14-6-2-5-12/h3-4,7,15H,2,5-6,8,12H2,1H3. The molecular formula is C11H17NO2S. The number of rotatable bonds is 6. The van der Waals surface area contributed by atoms with Gasteiger partial charge >= 0.3 is 0 Å². The third-order valence-electron chi connectivity index (χ3n) is 1.94. The molecule has 1 aromatic carbocycles. The molecule has 15 heavy (non-hydrogen) atoms. The van der Waals surface area contributed by atoms with Gasteiger partial charge in [0.2, 0.25) is 0 Å². The van der Waals surface area contributed by atoms with E-state index in [4.69, 9.17) is 15.2 Å². The first kappa shape index (κ1) is 12.4. The molecule has 3 nitrogen and oxygen atoms in total. The number of hydrogen-bond donors (Lipinski definition) is 2. The average molecular weight is 227 g/mol. The van der Waals surface area contributed by atoms with Crippen molar-refractivity contribution in [2.75, 3.05) is 20.3 Å². The highest BCUT2D eigenvalue weighted by Crippen LogP contribution is 2.24. The monoisotopic (exact) mass is 227 g/mol. The lowest BCUT2D eigenvalue weighted by atomic mass is 10.2. The van der Waals surface area contributed by atoms with Crippen molar-refractivity contribution in [2.24, 2.45) is 5.73 Å². The van der Waals surface area contributed by atoms with Gasteiger partial charge in [0.1, 0.15) is 5.75 Å². The Balaban J connectivity index is 2.63. The van der Waals surface area contributed by atoms with E-state index in [1.807, 2.05) is 18.2 Å². The molecule has 0 unspecified atom stereocenters. The molecule has 84 valence electrons. The molecule has 0 radical (unpaired) electrons. The van der Waals surface area contributed by atoms with Gasteiger partial charge in [-0.2, -0.15) is 0 Å². The van der Waals surface area contributed by atoms with Crippen molar-refractivity contribution in [1.82, 2.24) is 0 Å². The van der Waals surface area contributed by atoms with Crippen LogP contribution in [0, 0.1) is 0 Å². The highest BCUT2D eigenvalue weighted by molar-refractivity contribution is 7.80. The van der Waals surface area contributed by atoms with E-state index in [1.54, 1.807) is 7.11 Å². The van der Waals surface area contributed by atoms with Gasteiger partial charge < -0.3 is 15.2 Å². The summed E-state index contributed by atoms with van der Waals surface area (Å²) < 4.78 is 10.6. The zero-order valence-electron chi connectivity index (χ0n) is 8.90. The van der Waals surface area contributed by atoms with Gasteiger partial charge in [0.25, 0.3) is 0 Å². The van der Waals surface area contributed by atoms with Crippen molar-refractivity contribution in [3.05, 3.63) is 23.8 Å². The lowest BCUT2D eigenvalue weighted by Gasteiger charge is -2.09. The molecule has 0 heterocycles. The maximum absolute atomic E-state index is 5.55. The Kier molecular flexibility index (Phi) is 5.53. The molecule has 0 saturated heterocycles. The molecule has 1 aromatic rings. The maximum atomic E-state index is 5.55. The van der Waals surface area contributed by atoms with E-state index in [2.05, 4.69) is 12.6 Å². The molecule has 0 aliphatic rings. The lowest BCUT2D eigenvalue weighted by Crippen LogP contribution is -2.06. The molecule has 0 atom stereocenters. The van der Waals surface area contributed by atoms with E-state index in [9.17, 15) is 0 Å². The molecule has 0 spiro atoms. The van der Waals surface area contributed by atoms with E-state index in [-0.39, 0.29) is 0 Å². The van der Waals surface area contributed by atoms with Crippen molar-refractivity contribution in [3.8, 4) is 5.75 Å². The third-order valence-corrected chi connectivity index (χ3v) is 2.31. The van der Waals surface area contributed by atoms with Crippen LogP contribution in [0.2, 0.25) is 0 Å². The van der Waals surface area contributed by atoms with Crippen LogP contribution >= 0.6 is 12.6 Å². The van der Waals surface area contributed by atoms with E-state index in [0.29, 0.717) is 19.8 Å². The fourth-order valence-corrected chi connectivity index (χ4v) is 1.40. The van der Waals surface area contributed by atoms with Crippen molar-refractivity contribution in [2.45, 2.75) is 17.9 Å². The second-order valence-electron chi connectivity index (χ2n) is 3.23. The van der Waals surface area contributed by atoms with E-state index < -0.39 is 0 Å². The molecule has 4 heteroatoms. The van der Waals surface area contributed by atoms with Gasteiger partial charge in [-0.15, -0.1) is 12.6 Å². The molecule has 0 aromatic heterocycles. The second-order valence-corrected chi connectivity index (χ2v) is 3.71. The Bertz CT molecular complexity index is 305. The van der Waals surface area contributed by atoms with Crippen LogP contribution in [-0.2, 0) is 11.3 Å². The van der Waals surface area contributed by atoms with Crippen LogP contribution in [0.4, 0.5) is 0 Å². The summed E-state index contributed by atoms with van der Waals surface area (Å²) in [6.45, 7) is 1.85. The Morgan fingerprint density at radius 2 is 2.20 bits per heavy atom. The summed E-state index contributed by atoms with van der Waals surface area (Å²) in [7, 11) is 1.67. The van der Waals surface area contributed by atoms with E-state index in [1.165, 1.54) is 0 Å². The summed E-state index contributed by atoms with van der Waals surface area (Å²) >= 11 is 4.32. The average Bonchev–Trinajstić information content (AvgIpc) is 2.23. The third kappa shape index (κ3) is 4.11. The van der Waals surface area contributed by atoms with Crippen LogP contribution in [0.15, 0.2) is 23.1 Å². The highest BCUT2D eigenvalue weighted by atomic mass is 32.1. The minimum atomic E-state index is 0.585. The number of thiol groups is 1. The molecule has 2 N–H and O–H groups in total. The largest absolute Gasteiger partial charge is 0.492 e. The van der Waals surface area contributed by atoms with Gasteiger partial charge in [0.05, 0.1) is 13.2 Å². The quantitative estimate of drug-likeness (QED) is 0.576. The summed E-state index contributed by atoms with van der Waals surface area (Å²) in [6.07, 6.45) is 0.849. The summed E-state index contributed by atoms with van der Waals surface area (Å²) in [4.78, 5) is 0.840. The summed E-state index contributed by atoms with van der Waals surface area (Å²) in [5, 5.41) is 0. The lowest BCUT2D eigenvalue weighted by molar-refractivity contribution is 0.184. The minimum Gasteiger partial charge on any atom is -0.492 e. The predicted molar refractivity (Wildman–Crippen MR) is 63.6 cm³/mol. The molecule has 0 aliphatic heterocycles. The fraction of sp³-hybridized carbons (Fsp3) is 0.455. The normalized spacial score (nSPS) is 10.3. The van der Waals surface area contributed by atoms with Crippen LogP contribution in [0.25, 0.3) is 0 Å². The second kappa shape index (κ2) is 6.71. The SMILES string of the molecule is COCc1ccc(S)c(OCCCN)c1. The summed E-state index contributed by atoms with van der Waals surface area (Å²) in [5.74, 6) is 0.793. The number of nitrogens with two attached hydrogens (primary N) is 1. The first-order chi connectivity index (χ1) is 7.27. The smallest absolute Gasteiger partial charge is 0.132 e. The molecule has 0 amide bonds. The Morgan fingerprint density at radius 1 is 1.40 bits per heavy atom. The fourth-order valence-electron chi connectivity index (χ4n) is 1.20. The number of methoxy groups -OCH3 is 1. The number of hydrogen-bond acceptors (Lipinski definition) is 4. The first-order valence-electron chi connectivity index (χ1n) is 4.91. The Morgan fingerprint density at radius 3 is 2.87 bits per heavy atom. The molecule has 0 bridgehead atoms. The number of ether oxygens (including phenoxy) is 2. The van der Waals surface area contributed by atoms with Crippen molar-refractivity contribution in [3.63, 3.8) is 0 Å². The summed E-state index contributed by atoms with van der Waals surface area (Å²) in [6, 6.07) is 5.83. The molecule has 1 rings (SSSR count). The van der Waals surface area contributed by atoms with E-state index >= 15 is 0 Å². The van der Waals surface area contributed by atoms with Gasteiger partial charge in [-0.25, -0.2) is 0 Å². The van der Waals surface area contributed by atoms with Gasteiger partial charge in [0.15, 0.2) is 0 Å². The van der Waals surface area contributed by atoms with Crippen LogP contribution in [-0.4, -0.2) is 20.3 Å². The van der Waals surface area contributed by atoms with Gasteiger partial charge in [-0.05, 0) is 30.7 Å². The summed E-state index contributed by atoms with van der Waals surface area (Å²) in [5.41, 5.74) is 6.47. The number of benzene rings is 1. The molecule has 0 aliphatic carbocycles. The van der Waals surface area contributed by atoms with Gasteiger partial charge in [-0.1, -0.05) is 6.07 Å². The molecule has 0 saturated carbocycles. The van der Waals surface area contributed by atoms with Crippen LogP contribution in [0.1, 0.15) is 12.0 Å². The van der Waals surface area contributed by atoms with Gasteiger partial charge in [-0.3, -0.25) is 0 Å². The molecule has 0 fully saturated rings. The zero-order valence-corrected chi connectivity index (χ0v) is 9.80. The Hall–Kier alpha value is -0.710. The first-order valence-corrected chi connectivity index (χ1v) is 5.36. The van der Waals surface area contributed by atoms with Crippen molar-refractivity contribution >= 4 is 12.6 Å². The molecular weight excluding hydrogens is 210 g/mol. The highest BCUT2D eigenvalue weighted by Gasteiger charge is 2.02. The van der Waals surface area contributed by atoms with E-state index in [0.717, 1.165) is 22.6 Å². The van der Waals surface area contributed by atoms with Gasteiger partial charge in [0, 0.05) is 12.0 Å². The predicted octanol–water partition coefficient (Wildman–Crippen LogP) is 1.85. The van der Waals surface area contributed by atoms with Crippen LogP contribution in [0.3, 0.4) is 0 Å². The Labute approximate surface area is 96.0 Å². The maximum Gasteiger partial charge on any atom is 0.132 e. The van der Waals surface area contributed by atoms with Crippen LogP contribution in [0.5, 0.6) is 5.75 Å². The van der Waals surface area contributed by atoms with Crippen molar-refractivity contribution in [1.29, 1.82) is 0 Å². The van der Waals surface area contributed by atoms with Crippen LogP contribution < -0.4 is 10.5 Å². The van der Waals surface area contributed by atoms with Crippen molar-refractivity contribution < 1.29 is 9.47 Å². The topological polar surface area (TPSA) is 44.5 Å². The zero-order chi connectivity index (χ0) is 11.1.